The summed E-state index contributed by atoms with van der Waals surface area (Å²) in [4.78, 5) is 0. The summed E-state index contributed by atoms with van der Waals surface area (Å²) in [6, 6.07) is 6.78. The maximum Gasteiger partial charge on any atom is 0.0158 e. The molecule has 98 valence electrons. The minimum atomic E-state index is 0.0766. The Kier molecular flexibility index (Phi) is 2.30. The third kappa shape index (κ3) is 1.25. The van der Waals surface area contributed by atoms with Crippen LogP contribution in [0.2, 0.25) is 0 Å². The molecule has 0 radical (unpaired) electrons. The first-order valence-electron chi connectivity index (χ1n) is 7.06. The molecule has 0 nitrogen and oxygen atoms in total. The number of rotatable bonds is 1. The van der Waals surface area contributed by atoms with Crippen molar-refractivity contribution in [2.45, 2.75) is 45.4 Å². The number of hydrogen-bond acceptors (Lipinski definition) is 0. The van der Waals surface area contributed by atoms with Gasteiger partial charge in [0, 0.05) is 10.8 Å². The molecule has 0 unspecified atom stereocenters. The lowest BCUT2D eigenvalue weighted by Gasteiger charge is -2.28. The molecule has 0 amide bonds. The average Bonchev–Trinajstić information content (AvgIpc) is 2.71. The second kappa shape index (κ2) is 3.50. The van der Waals surface area contributed by atoms with E-state index in [0.29, 0.717) is 0 Å². The molecule has 0 atom stereocenters. The Labute approximate surface area is 116 Å². The Morgan fingerprint density at radius 1 is 1.00 bits per heavy atom. The first kappa shape index (κ1) is 12.5. The molecule has 0 saturated heterocycles. The van der Waals surface area contributed by atoms with Crippen LogP contribution in [0.1, 0.15) is 51.3 Å². The van der Waals surface area contributed by atoms with Crippen LogP contribution >= 0.6 is 0 Å². The third-order valence-corrected chi connectivity index (χ3v) is 5.04. The zero-order valence-corrected chi connectivity index (χ0v) is 12.6. The Morgan fingerprint density at radius 2 is 1.58 bits per heavy atom. The second-order valence-electron chi connectivity index (χ2n) is 6.67. The Bertz CT molecular complexity index is 649. The summed E-state index contributed by atoms with van der Waals surface area (Å²) in [6.45, 7) is 15.5. The molecule has 0 heteroatoms. The van der Waals surface area contributed by atoms with Crippen molar-refractivity contribution in [1.82, 2.24) is 0 Å². The van der Waals surface area contributed by atoms with Crippen molar-refractivity contribution in [2.75, 3.05) is 0 Å². The molecule has 1 aromatic rings. The van der Waals surface area contributed by atoms with Crippen LogP contribution in [0.25, 0.3) is 5.57 Å². The van der Waals surface area contributed by atoms with E-state index in [0.717, 1.165) is 0 Å². The normalized spacial score (nSPS) is 23.9. The van der Waals surface area contributed by atoms with Gasteiger partial charge in [-0.1, -0.05) is 64.6 Å². The quantitative estimate of drug-likeness (QED) is 0.646. The highest BCUT2D eigenvalue weighted by Gasteiger charge is 2.47. The molecule has 0 aliphatic heterocycles. The first-order valence-corrected chi connectivity index (χ1v) is 7.06. The van der Waals surface area contributed by atoms with E-state index < -0.39 is 0 Å². The Balaban J connectivity index is 2.51. The molecule has 1 aromatic carbocycles. The van der Waals surface area contributed by atoms with Gasteiger partial charge in [0.1, 0.15) is 0 Å². The van der Waals surface area contributed by atoms with Crippen LogP contribution in [0.3, 0.4) is 0 Å². The van der Waals surface area contributed by atoms with Crippen LogP contribution in [-0.2, 0) is 10.8 Å². The summed E-state index contributed by atoms with van der Waals surface area (Å²) < 4.78 is 0. The second-order valence-corrected chi connectivity index (χ2v) is 6.67. The lowest BCUT2D eigenvalue weighted by Crippen LogP contribution is -2.21. The van der Waals surface area contributed by atoms with E-state index in [1.165, 1.54) is 33.4 Å². The highest BCUT2D eigenvalue weighted by Crippen LogP contribution is 2.60. The van der Waals surface area contributed by atoms with E-state index in [1.807, 2.05) is 0 Å². The SMILES string of the molecule is C=CC1=C2/C(=C\C)C(C)(C)c3cccc(c32)C1(C)C. The molecule has 0 fully saturated rings. The Morgan fingerprint density at radius 3 is 2.11 bits per heavy atom. The predicted molar refractivity (Wildman–Crippen MR) is 83.4 cm³/mol. The highest BCUT2D eigenvalue weighted by atomic mass is 14.5. The van der Waals surface area contributed by atoms with Gasteiger partial charge in [0.05, 0.1) is 0 Å². The molecule has 0 aromatic heterocycles. The summed E-state index contributed by atoms with van der Waals surface area (Å²) in [5.41, 5.74) is 8.87. The monoisotopic (exact) mass is 250 g/mol. The van der Waals surface area contributed by atoms with Gasteiger partial charge in [-0.3, -0.25) is 0 Å². The van der Waals surface area contributed by atoms with Crippen molar-refractivity contribution >= 4 is 5.57 Å². The highest BCUT2D eigenvalue weighted by molar-refractivity contribution is 5.98. The van der Waals surface area contributed by atoms with Gasteiger partial charge in [0.2, 0.25) is 0 Å². The van der Waals surface area contributed by atoms with E-state index in [9.17, 15) is 0 Å². The number of benzene rings is 1. The summed E-state index contributed by atoms with van der Waals surface area (Å²) in [7, 11) is 0. The fraction of sp³-hybridized carbons (Fsp3) is 0.368. The van der Waals surface area contributed by atoms with E-state index in [1.54, 1.807) is 0 Å². The van der Waals surface area contributed by atoms with Gasteiger partial charge in [0.15, 0.2) is 0 Å². The van der Waals surface area contributed by atoms with E-state index in [-0.39, 0.29) is 10.8 Å². The standard InChI is InChI=1S/C19H22/c1-7-12-16-13(8-2)19(5,6)15-11-9-10-14(17(15)16)18(12,3)4/h7-11H,1H2,2-6H3/b13-8+. The largest absolute Gasteiger partial charge is 0.0987 e. The van der Waals surface area contributed by atoms with Crippen molar-refractivity contribution in [2.24, 2.45) is 0 Å². The number of allylic oxidation sites excluding steroid dienone is 5. The molecule has 0 heterocycles. The number of hydrogen-bond donors (Lipinski definition) is 0. The fourth-order valence-corrected chi connectivity index (χ4v) is 4.06. The van der Waals surface area contributed by atoms with Crippen molar-refractivity contribution in [3.63, 3.8) is 0 Å². The van der Waals surface area contributed by atoms with Crippen LogP contribution in [0.15, 0.2) is 48.1 Å². The van der Waals surface area contributed by atoms with Gasteiger partial charge in [0.25, 0.3) is 0 Å². The van der Waals surface area contributed by atoms with E-state index in [4.69, 9.17) is 0 Å². The minimum Gasteiger partial charge on any atom is -0.0987 e. The average molecular weight is 250 g/mol. The summed E-state index contributed by atoms with van der Waals surface area (Å²) in [6.07, 6.45) is 4.34. The van der Waals surface area contributed by atoms with Gasteiger partial charge in [-0.15, -0.1) is 0 Å². The topological polar surface area (TPSA) is 0 Å². The summed E-state index contributed by atoms with van der Waals surface area (Å²) in [5, 5.41) is 0. The van der Waals surface area contributed by atoms with Gasteiger partial charge < -0.3 is 0 Å². The maximum absolute atomic E-state index is 4.07. The molecule has 19 heavy (non-hydrogen) atoms. The molecule has 0 bridgehead atoms. The molecule has 0 saturated carbocycles. The lowest BCUT2D eigenvalue weighted by atomic mass is 9.75. The molecular formula is C19H22. The van der Waals surface area contributed by atoms with Gasteiger partial charge in [-0.25, -0.2) is 0 Å². The summed E-state index contributed by atoms with van der Waals surface area (Å²) in [5.74, 6) is 0. The van der Waals surface area contributed by atoms with Crippen LogP contribution in [0.5, 0.6) is 0 Å². The Hall–Kier alpha value is -1.56. The van der Waals surface area contributed by atoms with E-state index >= 15 is 0 Å². The maximum atomic E-state index is 4.07. The first-order chi connectivity index (χ1) is 8.87. The smallest absolute Gasteiger partial charge is 0.0158 e. The zero-order chi connectivity index (χ0) is 14.0. The summed E-state index contributed by atoms with van der Waals surface area (Å²) >= 11 is 0. The molecule has 0 N–H and O–H groups in total. The van der Waals surface area contributed by atoms with Crippen molar-refractivity contribution < 1.29 is 0 Å². The van der Waals surface area contributed by atoms with Gasteiger partial charge >= 0.3 is 0 Å². The van der Waals surface area contributed by atoms with Crippen LogP contribution < -0.4 is 0 Å². The molecule has 0 spiro atoms. The van der Waals surface area contributed by atoms with E-state index in [2.05, 4.69) is 71.5 Å². The molecule has 2 aliphatic rings. The lowest BCUT2D eigenvalue weighted by molar-refractivity contribution is 0.627. The molecular weight excluding hydrogens is 228 g/mol. The van der Waals surface area contributed by atoms with Gasteiger partial charge in [-0.05, 0) is 40.3 Å². The van der Waals surface area contributed by atoms with Crippen molar-refractivity contribution in [1.29, 1.82) is 0 Å². The molecule has 3 rings (SSSR count). The van der Waals surface area contributed by atoms with Crippen LogP contribution in [0, 0.1) is 0 Å². The van der Waals surface area contributed by atoms with Crippen LogP contribution in [-0.4, -0.2) is 0 Å². The zero-order valence-electron chi connectivity index (χ0n) is 12.6. The predicted octanol–water partition coefficient (Wildman–Crippen LogP) is 5.15. The minimum absolute atomic E-state index is 0.0766. The molecule has 2 aliphatic carbocycles. The van der Waals surface area contributed by atoms with Gasteiger partial charge in [-0.2, -0.15) is 0 Å². The van der Waals surface area contributed by atoms with Crippen LogP contribution in [0.4, 0.5) is 0 Å². The van der Waals surface area contributed by atoms with Crippen molar-refractivity contribution in [3.8, 4) is 0 Å². The fourth-order valence-electron chi connectivity index (χ4n) is 4.06. The van der Waals surface area contributed by atoms with Crippen molar-refractivity contribution in [3.05, 3.63) is 64.8 Å². The third-order valence-electron chi connectivity index (χ3n) is 5.04.